The Morgan fingerprint density at radius 1 is 0.459 bits per heavy atom. The molecule has 0 heterocycles. The first-order chi connectivity index (χ1) is 36.5. The van der Waals surface area contributed by atoms with E-state index < -0.39 is 6.04 Å². The lowest BCUT2D eigenvalue weighted by Gasteiger charge is -2.21. The molecule has 1 fully saturated rings. The third-order valence-corrected chi connectivity index (χ3v) is 12.6. The summed E-state index contributed by atoms with van der Waals surface area (Å²) < 4.78 is 6.30. The Morgan fingerprint density at radius 2 is 0.824 bits per heavy atom. The number of hydrogen-bond donors (Lipinski definition) is 4. The van der Waals surface area contributed by atoms with Crippen LogP contribution < -0.4 is 16.0 Å². The molecule has 0 aromatic rings. The molecule has 74 heavy (non-hydrogen) atoms. The minimum Gasteiger partial charge on any atom is -0.396 e. The lowest BCUT2D eigenvalue weighted by atomic mass is 10.0. The monoisotopic (exact) mass is 1020 g/mol. The maximum Gasteiger partial charge on any atom is 0.242 e. The molecule has 1 aliphatic rings. The summed E-state index contributed by atoms with van der Waals surface area (Å²) in [6.45, 7) is 6.04. The Labute approximate surface area is 452 Å². The number of hydrogen-bond acceptors (Lipinski definition) is 5. The number of unbranched alkanes of at least 4 members (excludes halogenated alkanes) is 2. The van der Waals surface area contributed by atoms with Crippen molar-refractivity contribution in [3.8, 4) is 0 Å². The van der Waals surface area contributed by atoms with Gasteiger partial charge in [-0.05, 0) is 135 Å². The Morgan fingerprint density at radius 3 is 1.24 bits per heavy atom. The predicted octanol–water partition coefficient (Wildman–Crippen LogP) is 16.1. The number of nitrogens with one attached hydrogen (secondary N) is 3. The van der Waals surface area contributed by atoms with E-state index in [0.717, 1.165) is 116 Å². The fourth-order valence-corrected chi connectivity index (χ4v) is 8.19. The second-order valence-electron chi connectivity index (χ2n) is 19.4. The Hall–Kier alpha value is -4.79. The molecular weight excluding hydrogens is 915 g/mol. The fraction of sp³-hybridized carbons (Fsp3) is 0.591. The zero-order valence-electron chi connectivity index (χ0n) is 46.7. The lowest BCUT2D eigenvalue weighted by Crippen LogP contribution is -2.47. The molecule has 4 N–H and O–H groups in total. The Kier molecular flexibility index (Phi) is 49.5. The van der Waals surface area contributed by atoms with Crippen LogP contribution in [0.1, 0.15) is 206 Å². The van der Waals surface area contributed by atoms with Crippen LogP contribution in [0.15, 0.2) is 146 Å². The predicted molar refractivity (Wildman–Crippen MR) is 318 cm³/mol. The summed E-state index contributed by atoms with van der Waals surface area (Å²) in [5, 5.41) is 19.1. The molecule has 1 unspecified atom stereocenters. The van der Waals surface area contributed by atoms with Crippen LogP contribution in [0, 0.1) is 5.92 Å². The minimum absolute atomic E-state index is 0.0202. The molecule has 0 aliphatic heterocycles. The molecule has 2 atom stereocenters. The van der Waals surface area contributed by atoms with E-state index >= 15 is 0 Å². The molecule has 8 nitrogen and oxygen atoms in total. The van der Waals surface area contributed by atoms with Gasteiger partial charge in [0.1, 0.15) is 6.04 Å². The van der Waals surface area contributed by atoms with Crippen LogP contribution in [0.25, 0.3) is 0 Å². The minimum atomic E-state index is -0.636. The van der Waals surface area contributed by atoms with Crippen molar-refractivity contribution in [3.63, 3.8) is 0 Å². The van der Waals surface area contributed by atoms with Crippen molar-refractivity contribution in [2.75, 3.05) is 26.3 Å². The summed E-state index contributed by atoms with van der Waals surface area (Å²) in [5.41, 5.74) is 0. The molecule has 0 aromatic heterocycles. The van der Waals surface area contributed by atoms with Crippen LogP contribution in [-0.2, 0) is 19.1 Å². The molecule has 0 spiro atoms. The van der Waals surface area contributed by atoms with Gasteiger partial charge in [0, 0.05) is 38.5 Å². The highest BCUT2D eigenvalue weighted by molar-refractivity contribution is 5.87. The van der Waals surface area contributed by atoms with Gasteiger partial charge in [0.05, 0.1) is 12.7 Å². The molecule has 1 rings (SSSR count). The van der Waals surface area contributed by atoms with E-state index in [1.807, 2.05) is 6.08 Å². The molecule has 8 heteroatoms. The molecule has 0 aromatic carbocycles. The third kappa shape index (κ3) is 47.0. The maximum absolute atomic E-state index is 13.4. The number of ether oxygens (including phenoxy) is 1. The van der Waals surface area contributed by atoms with Gasteiger partial charge in [-0.25, -0.2) is 0 Å². The highest BCUT2D eigenvalue weighted by atomic mass is 16.5. The highest BCUT2D eigenvalue weighted by Gasteiger charge is 2.20. The lowest BCUT2D eigenvalue weighted by molar-refractivity contribution is -0.129. The van der Waals surface area contributed by atoms with E-state index in [1.54, 1.807) is 0 Å². The topological polar surface area (TPSA) is 117 Å². The number of rotatable bonds is 44. The van der Waals surface area contributed by atoms with Crippen molar-refractivity contribution in [1.29, 1.82) is 0 Å². The standard InChI is InChI=1S/C66H105N3O5/c1-3-5-7-9-11-13-15-17-19-21-23-25-27-29-31-33-35-41-45-55-64(71)67-57-50-48-54-63(66(73)68-58-49-47-51-61(59-70)60-74-62-52-43-39-37-38-40-44-53-62)69-65(72)56-46-42-36-34-32-30-28-26-24-22-20-18-16-14-12-10-8-6-4-2/h5-8,11-14,17-20,23-26,29-32,35-36,41-42,61-63,70H,3-4,9-10,15-16,21-22,27-28,33-34,37-40,43-60H2,1-2H3,(H,67,71)(H,68,73)(H,69,72)/b7-5-,8-6-,13-11-,14-12-,19-17-,20-18-,25-23-,26-24-,31-29-,32-30-,41-35-,42-36-/t61?,63-/m0/s1. The summed E-state index contributed by atoms with van der Waals surface area (Å²) in [5.74, 6) is -0.191. The van der Waals surface area contributed by atoms with Crippen molar-refractivity contribution in [2.45, 2.75) is 219 Å². The molecule has 0 radical (unpaired) electrons. The average molecular weight is 1020 g/mol. The molecule has 3 amide bonds. The fourth-order valence-electron chi connectivity index (χ4n) is 8.19. The van der Waals surface area contributed by atoms with Crippen LogP contribution in [0.5, 0.6) is 0 Å². The second kappa shape index (κ2) is 54.5. The van der Waals surface area contributed by atoms with Gasteiger partial charge in [-0.15, -0.1) is 0 Å². The average Bonchev–Trinajstić information content (AvgIpc) is 3.54. The van der Waals surface area contributed by atoms with E-state index in [9.17, 15) is 19.5 Å². The molecule has 0 bridgehead atoms. The molecule has 0 saturated heterocycles. The van der Waals surface area contributed by atoms with Crippen molar-refractivity contribution in [3.05, 3.63) is 146 Å². The van der Waals surface area contributed by atoms with Gasteiger partial charge in [0.25, 0.3) is 0 Å². The Balaban J connectivity index is 2.46. The molecule has 414 valence electrons. The molecule has 1 aliphatic carbocycles. The number of allylic oxidation sites excluding steroid dienone is 24. The van der Waals surface area contributed by atoms with Crippen LogP contribution in [-0.4, -0.2) is 61.3 Å². The van der Waals surface area contributed by atoms with Gasteiger partial charge < -0.3 is 25.8 Å². The van der Waals surface area contributed by atoms with Crippen LogP contribution in [0.4, 0.5) is 0 Å². The normalized spacial score (nSPS) is 15.6. The summed E-state index contributed by atoms with van der Waals surface area (Å²) in [7, 11) is 0. The number of aliphatic hydroxyl groups excluding tert-OH is 1. The molecular formula is C66H105N3O5. The van der Waals surface area contributed by atoms with E-state index in [0.29, 0.717) is 64.3 Å². The van der Waals surface area contributed by atoms with Crippen LogP contribution >= 0.6 is 0 Å². The van der Waals surface area contributed by atoms with Crippen LogP contribution in [0.2, 0.25) is 0 Å². The SMILES string of the molecule is CC/C=C\C/C=C\C/C=C\C/C=C\C/C=C\C/C=C\CCC(=O)NCCCC[C@H](NC(=O)CC/C=C\C/C=C\C/C=C\C/C=C\C/C=C\C/C=C\CC)C(=O)NCCCCC(CO)COC1CCCCCCCC1. The van der Waals surface area contributed by atoms with Crippen molar-refractivity contribution in [1.82, 2.24) is 16.0 Å². The van der Waals surface area contributed by atoms with E-state index in [4.69, 9.17) is 4.74 Å². The molecule has 1 saturated carbocycles. The highest BCUT2D eigenvalue weighted by Crippen LogP contribution is 2.21. The Bertz CT molecular complexity index is 1720. The van der Waals surface area contributed by atoms with Crippen molar-refractivity contribution >= 4 is 17.7 Å². The van der Waals surface area contributed by atoms with Crippen molar-refractivity contribution in [2.24, 2.45) is 5.92 Å². The van der Waals surface area contributed by atoms with Gasteiger partial charge in [0.2, 0.25) is 17.7 Å². The third-order valence-electron chi connectivity index (χ3n) is 12.6. The van der Waals surface area contributed by atoms with Crippen LogP contribution in [0.3, 0.4) is 0 Å². The largest absolute Gasteiger partial charge is 0.396 e. The second-order valence-corrected chi connectivity index (χ2v) is 19.4. The van der Waals surface area contributed by atoms with Gasteiger partial charge in [-0.2, -0.15) is 0 Å². The zero-order chi connectivity index (χ0) is 53.3. The van der Waals surface area contributed by atoms with E-state index in [-0.39, 0.29) is 30.2 Å². The number of carbonyl (C=O) groups excluding carboxylic acids is 3. The maximum atomic E-state index is 13.4. The summed E-state index contributed by atoms with van der Waals surface area (Å²) in [4.78, 5) is 39.0. The van der Waals surface area contributed by atoms with Gasteiger partial charge in [-0.3, -0.25) is 14.4 Å². The zero-order valence-corrected chi connectivity index (χ0v) is 46.7. The first-order valence-corrected chi connectivity index (χ1v) is 29.4. The summed E-state index contributed by atoms with van der Waals surface area (Å²) in [6.07, 6.45) is 80.3. The quantitative estimate of drug-likeness (QED) is 0.0358. The summed E-state index contributed by atoms with van der Waals surface area (Å²) >= 11 is 0. The van der Waals surface area contributed by atoms with Crippen molar-refractivity contribution < 1.29 is 24.2 Å². The van der Waals surface area contributed by atoms with Gasteiger partial charge in [0.15, 0.2) is 0 Å². The summed E-state index contributed by atoms with van der Waals surface area (Å²) in [6, 6.07) is -0.636. The first kappa shape index (κ1) is 67.2. The van der Waals surface area contributed by atoms with Gasteiger partial charge in [-0.1, -0.05) is 205 Å². The number of carbonyl (C=O) groups is 3. The number of amides is 3. The first-order valence-electron chi connectivity index (χ1n) is 29.4. The number of aliphatic hydroxyl groups is 1. The van der Waals surface area contributed by atoms with E-state index in [1.165, 1.54) is 38.5 Å². The smallest absolute Gasteiger partial charge is 0.242 e. The van der Waals surface area contributed by atoms with E-state index in [2.05, 4.69) is 170 Å². The van der Waals surface area contributed by atoms with Gasteiger partial charge >= 0.3 is 0 Å².